The summed E-state index contributed by atoms with van der Waals surface area (Å²) in [6, 6.07) is 37.4. The first-order chi connectivity index (χ1) is 24.3. The van der Waals surface area contributed by atoms with E-state index in [4.69, 9.17) is 14.2 Å². The van der Waals surface area contributed by atoms with E-state index in [0.717, 1.165) is 49.2 Å². The van der Waals surface area contributed by atoms with E-state index in [2.05, 4.69) is 24.3 Å². The molecular weight excluding hydrogens is 630 g/mol. The molecule has 5 aromatic carbocycles. The second-order valence-corrected chi connectivity index (χ2v) is 14.2. The molecule has 252 valence electrons. The van der Waals surface area contributed by atoms with Crippen LogP contribution in [0.3, 0.4) is 0 Å². The fraction of sp³-hybridized carbons (Fsp3) is 0.262. The molecule has 2 atom stereocenters. The second-order valence-electron chi connectivity index (χ2n) is 14.2. The van der Waals surface area contributed by atoms with Gasteiger partial charge in [0.1, 0.15) is 29.6 Å². The number of carboxylic acid groups (broad SMARTS) is 1. The molecular formula is C42H37NO7. The average molecular weight is 668 g/mol. The highest BCUT2D eigenvalue weighted by Crippen LogP contribution is 2.68. The van der Waals surface area contributed by atoms with Crippen LogP contribution < -0.4 is 14.2 Å². The number of nitro benzene ring substituents is 1. The van der Waals surface area contributed by atoms with Crippen LogP contribution in [-0.4, -0.2) is 16.0 Å². The van der Waals surface area contributed by atoms with Crippen LogP contribution in [0.25, 0.3) is 0 Å². The molecule has 2 unspecified atom stereocenters. The average Bonchev–Trinajstić information content (AvgIpc) is 3.11. The normalized spacial score (nSPS) is 23.3. The maximum Gasteiger partial charge on any atom is 0.335 e. The van der Waals surface area contributed by atoms with Crippen LogP contribution in [0, 0.1) is 22.0 Å². The van der Waals surface area contributed by atoms with Gasteiger partial charge in [0.05, 0.1) is 10.5 Å². The standard InChI is InChI=1S/C42H37NO7/c44-40(45)31-14-16-32(17-15-31)49-37-12-6-4-10-34(37)41-22-29-20-30(23-41)25-42(24-29,27-41)35-11-5-7-13-38(35)50-33-18-19-36(43(46)47)39(21-33)48-26-28-8-2-1-3-9-28/h1-19,21,29-30H,20,22-27H2,(H,44,45). The Balaban J connectivity index is 1.11. The topological polar surface area (TPSA) is 108 Å². The largest absolute Gasteiger partial charge is 0.482 e. The van der Waals surface area contributed by atoms with Crippen LogP contribution in [0.4, 0.5) is 5.69 Å². The predicted octanol–water partition coefficient (Wildman–Crippen LogP) is 10.2. The first-order valence-corrected chi connectivity index (χ1v) is 17.1. The van der Waals surface area contributed by atoms with Crippen molar-refractivity contribution < 1.29 is 29.0 Å². The van der Waals surface area contributed by atoms with Crippen molar-refractivity contribution in [2.45, 2.75) is 56.0 Å². The highest BCUT2D eigenvalue weighted by molar-refractivity contribution is 5.87. The highest BCUT2D eigenvalue weighted by atomic mass is 16.6. The number of benzene rings is 5. The van der Waals surface area contributed by atoms with E-state index >= 15 is 0 Å². The number of carboxylic acids is 1. The first-order valence-electron chi connectivity index (χ1n) is 17.1. The summed E-state index contributed by atoms with van der Waals surface area (Å²) in [5, 5.41) is 21.2. The molecule has 0 heterocycles. The van der Waals surface area contributed by atoms with Crippen LogP contribution in [0.1, 0.15) is 65.6 Å². The fourth-order valence-corrected chi connectivity index (χ4v) is 9.36. The monoisotopic (exact) mass is 667 g/mol. The van der Waals surface area contributed by atoms with Crippen molar-refractivity contribution in [3.8, 4) is 28.7 Å². The Bertz CT molecular complexity index is 2040. The van der Waals surface area contributed by atoms with E-state index in [1.807, 2.05) is 54.6 Å². The van der Waals surface area contributed by atoms with E-state index in [9.17, 15) is 20.0 Å². The van der Waals surface area contributed by atoms with Crippen LogP contribution in [0.15, 0.2) is 121 Å². The molecule has 4 aliphatic carbocycles. The van der Waals surface area contributed by atoms with Crippen molar-refractivity contribution in [1.82, 2.24) is 0 Å². The summed E-state index contributed by atoms with van der Waals surface area (Å²) < 4.78 is 19.1. The van der Waals surface area contributed by atoms with Crippen molar-refractivity contribution in [2.75, 3.05) is 0 Å². The summed E-state index contributed by atoms with van der Waals surface area (Å²) in [6.07, 6.45) is 6.52. The number of hydrogen-bond donors (Lipinski definition) is 1. The number of hydrogen-bond acceptors (Lipinski definition) is 6. The van der Waals surface area contributed by atoms with E-state index in [1.54, 1.807) is 36.4 Å². The lowest BCUT2D eigenvalue weighted by Crippen LogP contribution is -2.56. The molecule has 0 aromatic heterocycles. The zero-order valence-electron chi connectivity index (χ0n) is 27.5. The minimum Gasteiger partial charge on any atom is -0.482 e. The fourth-order valence-electron chi connectivity index (χ4n) is 9.36. The third-order valence-electron chi connectivity index (χ3n) is 10.9. The van der Waals surface area contributed by atoms with Gasteiger partial charge >= 0.3 is 11.7 Å². The Labute approximate surface area is 290 Å². The van der Waals surface area contributed by atoms with Gasteiger partial charge in [-0.25, -0.2) is 4.79 Å². The Morgan fingerprint density at radius 1 is 0.700 bits per heavy atom. The molecule has 0 spiro atoms. The molecule has 9 rings (SSSR count). The molecule has 8 heteroatoms. The Morgan fingerprint density at radius 2 is 1.24 bits per heavy atom. The van der Waals surface area contributed by atoms with Gasteiger partial charge in [0, 0.05) is 34.1 Å². The third kappa shape index (κ3) is 5.95. The molecule has 0 aliphatic heterocycles. The number of rotatable bonds is 11. The number of nitrogens with zero attached hydrogens (tertiary/aromatic N) is 1. The van der Waals surface area contributed by atoms with Crippen LogP contribution in [-0.2, 0) is 17.4 Å². The van der Waals surface area contributed by atoms with Crippen molar-refractivity contribution in [3.05, 3.63) is 154 Å². The molecule has 4 fully saturated rings. The van der Waals surface area contributed by atoms with Gasteiger partial charge in [-0.15, -0.1) is 0 Å². The number of para-hydroxylation sites is 2. The van der Waals surface area contributed by atoms with Crippen molar-refractivity contribution in [1.29, 1.82) is 0 Å². The summed E-state index contributed by atoms with van der Waals surface area (Å²) in [4.78, 5) is 22.9. The van der Waals surface area contributed by atoms with Crippen molar-refractivity contribution in [3.63, 3.8) is 0 Å². The third-order valence-corrected chi connectivity index (χ3v) is 10.9. The van der Waals surface area contributed by atoms with Crippen molar-refractivity contribution in [2.24, 2.45) is 11.8 Å². The lowest BCUT2D eigenvalue weighted by atomic mass is 9.41. The molecule has 50 heavy (non-hydrogen) atoms. The van der Waals surface area contributed by atoms with Gasteiger partial charge in [-0.1, -0.05) is 66.7 Å². The quantitative estimate of drug-likeness (QED) is 0.110. The maximum atomic E-state index is 11.9. The lowest BCUT2D eigenvalue weighted by molar-refractivity contribution is -0.386. The van der Waals surface area contributed by atoms with Gasteiger partial charge < -0.3 is 19.3 Å². The summed E-state index contributed by atoms with van der Waals surface area (Å²) in [6.45, 7) is 0.203. The number of nitro groups is 1. The Hall–Kier alpha value is -5.63. The number of carbonyl (C=O) groups is 1. The Kier molecular flexibility index (Phi) is 8.02. The molecule has 4 saturated carbocycles. The smallest absolute Gasteiger partial charge is 0.335 e. The van der Waals surface area contributed by atoms with Gasteiger partial charge in [-0.3, -0.25) is 10.1 Å². The van der Waals surface area contributed by atoms with Gasteiger partial charge in [-0.2, -0.15) is 0 Å². The van der Waals surface area contributed by atoms with E-state index in [-0.39, 0.29) is 34.4 Å². The molecule has 4 aliphatic rings. The SMILES string of the molecule is O=C(O)c1ccc(Oc2ccccc2C23CC4CC(C2)CC(c2ccccc2Oc2ccc([N+](=O)[O-])c(OCc5ccccc5)c2)(C4)C3)cc1. The molecule has 8 nitrogen and oxygen atoms in total. The van der Waals surface area contributed by atoms with Gasteiger partial charge in [0.25, 0.3) is 0 Å². The lowest BCUT2D eigenvalue weighted by Gasteiger charge is -2.63. The molecule has 0 amide bonds. The van der Waals surface area contributed by atoms with Crippen LogP contribution >= 0.6 is 0 Å². The number of ether oxygens (including phenoxy) is 3. The second kappa shape index (κ2) is 12.7. The van der Waals surface area contributed by atoms with Crippen molar-refractivity contribution >= 4 is 11.7 Å². The zero-order valence-corrected chi connectivity index (χ0v) is 27.5. The molecule has 4 bridgehead atoms. The van der Waals surface area contributed by atoms with Gasteiger partial charge in [0.2, 0.25) is 5.75 Å². The van der Waals surface area contributed by atoms with Crippen LogP contribution in [0.5, 0.6) is 28.7 Å². The highest BCUT2D eigenvalue weighted by Gasteiger charge is 2.60. The molecule has 1 N–H and O–H groups in total. The minimum atomic E-state index is -0.967. The maximum absolute atomic E-state index is 11.9. The van der Waals surface area contributed by atoms with Gasteiger partial charge in [0.15, 0.2) is 0 Å². The predicted molar refractivity (Wildman–Crippen MR) is 188 cm³/mol. The van der Waals surface area contributed by atoms with Gasteiger partial charge in [-0.05, 0) is 98.4 Å². The van der Waals surface area contributed by atoms with E-state index in [0.29, 0.717) is 23.3 Å². The molecule has 5 aromatic rings. The summed E-state index contributed by atoms with van der Waals surface area (Å²) in [7, 11) is 0. The summed E-state index contributed by atoms with van der Waals surface area (Å²) in [5.41, 5.74) is 3.21. The number of aromatic carboxylic acids is 1. The van der Waals surface area contributed by atoms with E-state index < -0.39 is 10.9 Å². The molecule has 0 radical (unpaired) electrons. The Morgan fingerprint density at radius 3 is 1.82 bits per heavy atom. The minimum absolute atomic E-state index is 0.0827. The molecule has 0 saturated heterocycles. The van der Waals surface area contributed by atoms with Crippen LogP contribution in [0.2, 0.25) is 0 Å². The summed E-state index contributed by atoms with van der Waals surface area (Å²) >= 11 is 0. The zero-order chi connectivity index (χ0) is 34.3. The van der Waals surface area contributed by atoms with E-state index in [1.165, 1.54) is 23.6 Å². The first kappa shape index (κ1) is 31.6. The summed E-state index contributed by atoms with van der Waals surface area (Å²) in [5.74, 6) is 2.98.